The third-order valence-electron chi connectivity index (χ3n) is 6.10. The number of nitrogens with one attached hydrogen (secondary N) is 1. The van der Waals surface area contributed by atoms with Gasteiger partial charge in [-0.15, -0.1) is 0 Å². The van der Waals surface area contributed by atoms with Crippen LogP contribution in [0.15, 0.2) is 78.9 Å². The molecule has 0 spiro atoms. The lowest BCUT2D eigenvalue weighted by Crippen LogP contribution is -2.56. The molecule has 0 saturated heterocycles. The third kappa shape index (κ3) is 5.88. The Morgan fingerprint density at radius 2 is 1.69 bits per heavy atom. The number of carbonyl (C=O) groups excluding carboxylic acids is 2. The van der Waals surface area contributed by atoms with Crippen molar-refractivity contribution >= 4 is 18.0 Å². The van der Waals surface area contributed by atoms with Crippen molar-refractivity contribution in [3.8, 4) is 6.07 Å². The Morgan fingerprint density at radius 1 is 1.00 bits per heavy atom. The van der Waals surface area contributed by atoms with Gasteiger partial charge in [-0.3, -0.25) is 9.69 Å². The maximum Gasteiger partial charge on any atom is 0.411 e. The number of rotatable bonds is 7. The zero-order valence-corrected chi connectivity index (χ0v) is 19.5. The highest BCUT2D eigenvalue weighted by atomic mass is 16.6. The molecule has 1 aliphatic rings. The third-order valence-corrected chi connectivity index (χ3v) is 6.10. The highest BCUT2D eigenvalue weighted by Crippen LogP contribution is 2.25. The van der Waals surface area contributed by atoms with Crippen molar-refractivity contribution < 1.29 is 24.2 Å². The van der Waals surface area contributed by atoms with Crippen LogP contribution in [0.1, 0.15) is 27.8 Å². The summed E-state index contributed by atoms with van der Waals surface area (Å²) in [5.74, 6) is -1.79. The van der Waals surface area contributed by atoms with Crippen LogP contribution < -0.4 is 5.32 Å². The number of hydrogen-bond donors (Lipinski definition) is 2. The Hall–Kier alpha value is -4.64. The number of carboxylic acids is 1. The fourth-order valence-corrected chi connectivity index (χ4v) is 4.22. The van der Waals surface area contributed by atoms with Crippen LogP contribution in [0.2, 0.25) is 0 Å². The lowest BCUT2D eigenvalue weighted by atomic mass is 9.93. The number of aliphatic carboxylic acids is 1. The lowest BCUT2D eigenvalue weighted by molar-refractivity contribution is -0.142. The van der Waals surface area contributed by atoms with Gasteiger partial charge in [-0.1, -0.05) is 66.7 Å². The molecular formula is C28H25N3O5. The van der Waals surface area contributed by atoms with Gasteiger partial charge in [0.2, 0.25) is 5.91 Å². The minimum atomic E-state index is -1.23. The predicted octanol–water partition coefficient (Wildman–Crippen LogP) is 3.43. The van der Waals surface area contributed by atoms with Gasteiger partial charge in [0.15, 0.2) is 0 Å². The number of nitriles is 1. The molecule has 0 aromatic heterocycles. The second kappa shape index (κ2) is 11.2. The summed E-state index contributed by atoms with van der Waals surface area (Å²) in [4.78, 5) is 39.7. The molecule has 2 N–H and O–H groups in total. The Balaban J connectivity index is 1.52. The number of ether oxygens (including phenoxy) is 1. The molecule has 0 bridgehead atoms. The van der Waals surface area contributed by atoms with E-state index in [0.717, 1.165) is 16.7 Å². The van der Waals surface area contributed by atoms with Crippen molar-refractivity contribution in [2.24, 2.45) is 0 Å². The van der Waals surface area contributed by atoms with Crippen LogP contribution in [0.5, 0.6) is 0 Å². The first kappa shape index (κ1) is 24.5. The van der Waals surface area contributed by atoms with Gasteiger partial charge in [0.1, 0.15) is 18.7 Å². The van der Waals surface area contributed by atoms with E-state index in [1.807, 2.05) is 60.7 Å². The van der Waals surface area contributed by atoms with E-state index in [-0.39, 0.29) is 26.0 Å². The fourth-order valence-electron chi connectivity index (χ4n) is 4.22. The molecule has 182 valence electrons. The molecule has 0 saturated carbocycles. The van der Waals surface area contributed by atoms with Crippen molar-refractivity contribution in [2.75, 3.05) is 0 Å². The van der Waals surface area contributed by atoms with Crippen molar-refractivity contribution in [1.29, 1.82) is 5.26 Å². The summed E-state index contributed by atoms with van der Waals surface area (Å²) in [5, 5.41) is 21.5. The summed E-state index contributed by atoms with van der Waals surface area (Å²) >= 11 is 0. The average molecular weight is 484 g/mol. The number of amides is 2. The van der Waals surface area contributed by atoms with Crippen molar-refractivity contribution in [3.63, 3.8) is 0 Å². The summed E-state index contributed by atoms with van der Waals surface area (Å²) in [6.45, 7) is 0.225. The van der Waals surface area contributed by atoms with Crippen LogP contribution in [-0.4, -0.2) is 40.1 Å². The molecule has 3 aromatic rings. The van der Waals surface area contributed by atoms with Crippen LogP contribution in [0.25, 0.3) is 0 Å². The Kier molecular flexibility index (Phi) is 7.61. The molecule has 2 atom stereocenters. The maximum atomic E-state index is 13.3. The smallest absolute Gasteiger partial charge is 0.411 e. The minimum absolute atomic E-state index is 0.00163. The molecule has 36 heavy (non-hydrogen) atoms. The lowest BCUT2D eigenvalue weighted by Gasteiger charge is -2.35. The van der Waals surface area contributed by atoms with Gasteiger partial charge in [0, 0.05) is 12.8 Å². The van der Waals surface area contributed by atoms with Crippen LogP contribution in [0.3, 0.4) is 0 Å². The Morgan fingerprint density at radius 3 is 2.42 bits per heavy atom. The second-order valence-electron chi connectivity index (χ2n) is 8.57. The van der Waals surface area contributed by atoms with Crippen LogP contribution >= 0.6 is 0 Å². The van der Waals surface area contributed by atoms with E-state index >= 15 is 0 Å². The summed E-state index contributed by atoms with van der Waals surface area (Å²) in [6.07, 6.45) is -0.418. The Labute approximate surface area is 208 Å². The monoisotopic (exact) mass is 483 g/mol. The second-order valence-corrected chi connectivity index (χ2v) is 8.57. The number of carboxylic acid groups (broad SMARTS) is 1. The fraction of sp³-hybridized carbons (Fsp3) is 0.214. The molecule has 0 aliphatic carbocycles. The van der Waals surface area contributed by atoms with Gasteiger partial charge >= 0.3 is 12.1 Å². The van der Waals surface area contributed by atoms with E-state index in [0.29, 0.717) is 11.1 Å². The van der Waals surface area contributed by atoms with E-state index in [4.69, 9.17) is 10.00 Å². The molecule has 0 fully saturated rings. The zero-order chi connectivity index (χ0) is 25.5. The van der Waals surface area contributed by atoms with Crippen molar-refractivity contribution in [2.45, 2.75) is 38.1 Å². The first-order valence-electron chi connectivity index (χ1n) is 11.5. The predicted molar refractivity (Wildman–Crippen MR) is 131 cm³/mol. The number of benzene rings is 3. The van der Waals surface area contributed by atoms with Gasteiger partial charge in [-0.05, 0) is 34.4 Å². The van der Waals surface area contributed by atoms with Gasteiger partial charge in [0.05, 0.1) is 18.2 Å². The summed E-state index contributed by atoms with van der Waals surface area (Å²) in [5.41, 5.74) is 3.64. The first-order chi connectivity index (χ1) is 17.4. The van der Waals surface area contributed by atoms with Crippen molar-refractivity contribution in [3.05, 3.63) is 107 Å². The van der Waals surface area contributed by atoms with Gasteiger partial charge < -0.3 is 15.2 Å². The summed E-state index contributed by atoms with van der Waals surface area (Å²) < 4.78 is 5.50. The molecule has 8 heteroatoms. The first-order valence-corrected chi connectivity index (χ1v) is 11.5. The van der Waals surface area contributed by atoms with E-state index in [9.17, 15) is 19.5 Å². The standard InChI is InChI=1S/C28H25N3O5/c29-16-21-10-6-9-20(13-21)14-24(27(33)34)30-26(32)25-15-22-11-4-5-12-23(22)17-31(25)28(35)36-18-19-7-2-1-3-8-19/h1-13,24-25H,14-15,17-18H2,(H,30,32)(H,33,34)/t24-,25-/m0/s1. The molecule has 1 heterocycles. The zero-order valence-electron chi connectivity index (χ0n) is 19.5. The topological polar surface area (TPSA) is 120 Å². The maximum absolute atomic E-state index is 13.3. The number of hydrogen-bond acceptors (Lipinski definition) is 5. The van der Waals surface area contributed by atoms with Crippen LogP contribution in [-0.2, 0) is 40.3 Å². The normalized spacial score (nSPS) is 15.2. The molecule has 1 aliphatic heterocycles. The molecule has 4 rings (SSSR count). The largest absolute Gasteiger partial charge is 0.480 e. The van der Waals surface area contributed by atoms with E-state index in [1.54, 1.807) is 24.3 Å². The van der Waals surface area contributed by atoms with E-state index in [2.05, 4.69) is 5.32 Å². The number of fused-ring (bicyclic) bond motifs is 1. The molecular weight excluding hydrogens is 458 g/mol. The summed E-state index contributed by atoms with van der Waals surface area (Å²) in [7, 11) is 0. The van der Waals surface area contributed by atoms with Crippen molar-refractivity contribution in [1.82, 2.24) is 10.2 Å². The molecule has 0 radical (unpaired) electrons. The average Bonchev–Trinajstić information content (AvgIpc) is 2.91. The molecule has 3 aromatic carbocycles. The molecule has 8 nitrogen and oxygen atoms in total. The number of carbonyl (C=O) groups is 3. The highest BCUT2D eigenvalue weighted by Gasteiger charge is 2.37. The minimum Gasteiger partial charge on any atom is -0.480 e. The highest BCUT2D eigenvalue weighted by molar-refractivity contribution is 5.90. The SMILES string of the molecule is N#Cc1cccc(C[C@H](NC(=O)[C@@H]2Cc3ccccc3CN2C(=O)OCc2ccccc2)C(=O)O)c1. The van der Waals surface area contributed by atoms with Gasteiger partial charge in [-0.25, -0.2) is 9.59 Å². The van der Waals surface area contributed by atoms with Gasteiger partial charge in [0.25, 0.3) is 0 Å². The quantitative estimate of drug-likeness (QED) is 0.531. The molecule has 2 amide bonds. The number of nitrogens with zero attached hydrogens (tertiary/aromatic N) is 2. The van der Waals surface area contributed by atoms with Gasteiger partial charge in [-0.2, -0.15) is 5.26 Å². The van der Waals surface area contributed by atoms with E-state index in [1.165, 1.54) is 4.90 Å². The molecule has 0 unspecified atom stereocenters. The van der Waals surface area contributed by atoms with Crippen LogP contribution in [0.4, 0.5) is 4.79 Å². The van der Waals surface area contributed by atoms with E-state index < -0.39 is 30.1 Å². The Bertz CT molecular complexity index is 1300. The van der Waals surface area contributed by atoms with Crippen LogP contribution in [0, 0.1) is 11.3 Å². The summed E-state index contributed by atoms with van der Waals surface area (Å²) in [6, 6.07) is 23.2.